The lowest BCUT2D eigenvalue weighted by molar-refractivity contribution is -0.123. The molecule has 4 atom stereocenters. The number of allylic oxidation sites excluding steroid dienone is 2. The second-order valence-electron chi connectivity index (χ2n) is 7.82. The summed E-state index contributed by atoms with van der Waals surface area (Å²) in [6.07, 6.45) is 5.11. The quantitative estimate of drug-likeness (QED) is 0.621. The van der Waals surface area contributed by atoms with Crippen LogP contribution in [0.25, 0.3) is 0 Å². The number of benzene rings is 1. The smallest absolute Gasteiger partial charge is 0.238 e. The predicted molar refractivity (Wildman–Crippen MR) is 97.4 cm³/mol. The molecule has 1 aromatic heterocycles. The van der Waals surface area contributed by atoms with Crippen molar-refractivity contribution in [2.75, 3.05) is 4.90 Å². The van der Waals surface area contributed by atoms with Crippen LogP contribution in [-0.2, 0) is 16.1 Å². The zero-order chi connectivity index (χ0) is 18.9. The molecule has 2 fully saturated rings. The van der Waals surface area contributed by atoms with Gasteiger partial charge in [-0.3, -0.25) is 14.3 Å². The number of imide groups is 1. The lowest BCUT2D eigenvalue weighted by Gasteiger charge is -2.18. The van der Waals surface area contributed by atoms with E-state index in [1.165, 1.54) is 17.0 Å². The highest BCUT2D eigenvalue weighted by molar-refractivity contribution is 6.23. The summed E-state index contributed by atoms with van der Waals surface area (Å²) in [5, 5.41) is 4.55. The van der Waals surface area contributed by atoms with Gasteiger partial charge in [-0.1, -0.05) is 24.3 Å². The summed E-state index contributed by atoms with van der Waals surface area (Å²) in [6.45, 7) is 4.16. The SMILES string of the molecule is Cc1nn(Cc2ccc(F)cc2)c(C)c1N1C(=O)[C@@H]2[C@H](C1=O)[C@H]1C=C[C@H]2C1. The molecule has 0 radical (unpaired) electrons. The second-order valence-corrected chi connectivity index (χ2v) is 7.82. The van der Waals surface area contributed by atoms with Crippen LogP contribution in [0.15, 0.2) is 36.4 Å². The maximum atomic E-state index is 13.1. The van der Waals surface area contributed by atoms with Crippen LogP contribution in [0.3, 0.4) is 0 Å². The Morgan fingerprint density at radius 1 is 1.04 bits per heavy atom. The Morgan fingerprint density at radius 2 is 1.63 bits per heavy atom. The highest BCUT2D eigenvalue weighted by atomic mass is 19.1. The maximum absolute atomic E-state index is 13.1. The minimum Gasteiger partial charge on any atom is -0.274 e. The van der Waals surface area contributed by atoms with E-state index in [1.807, 2.05) is 13.8 Å². The molecule has 2 heterocycles. The normalized spacial score (nSPS) is 28.5. The van der Waals surface area contributed by atoms with Crippen LogP contribution in [0, 0.1) is 43.3 Å². The predicted octanol–water partition coefficient (Wildman–Crippen LogP) is 3.00. The molecule has 0 N–H and O–H groups in total. The number of aryl methyl sites for hydroxylation is 1. The second kappa shape index (κ2) is 5.62. The summed E-state index contributed by atoms with van der Waals surface area (Å²) < 4.78 is 14.9. The minimum atomic E-state index is -0.282. The summed E-state index contributed by atoms with van der Waals surface area (Å²) >= 11 is 0. The number of nitrogens with zero attached hydrogens (tertiary/aromatic N) is 3. The molecule has 5 nitrogen and oxygen atoms in total. The van der Waals surface area contributed by atoms with Crippen molar-refractivity contribution in [3.05, 3.63) is 59.2 Å². The number of hydrogen-bond acceptors (Lipinski definition) is 3. The van der Waals surface area contributed by atoms with Crippen molar-refractivity contribution in [3.63, 3.8) is 0 Å². The number of aromatic nitrogens is 2. The first-order chi connectivity index (χ1) is 13.0. The topological polar surface area (TPSA) is 55.2 Å². The van der Waals surface area contributed by atoms with Crippen LogP contribution in [0.2, 0.25) is 0 Å². The van der Waals surface area contributed by atoms with Gasteiger partial charge in [0.05, 0.1) is 35.5 Å². The van der Waals surface area contributed by atoms with E-state index in [0.29, 0.717) is 17.9 Å². The van der Waals surface area contributed by atoms with Crippen LogP contribution in [0.4, 0.5) is 10.1 Å². The van der Waals surface area contributed by atoms with Crippen LogP contribution in [0.1, 0.15) is 23.4 Å². The van der Waals surface area contributed by atoms with E-state index in [0.717, 1.165) is 17.7 Å². The third kappa shape index (κ3) is 2.25. The standard InChI is InChI=1S/C21H20FN3O2/c1-11-19(12(2)24(23-11)10-13-3-7-16(22)8-4-13)25-20(26)17-14-5-6-15(9-14)18(17)21(25)27/h3-8,14-15,17-18H,9-10H2,1-2H3/t14-,15-,17-,18+/m0/s1. The molecule has 0 unspecified atom stereocenters. The summed E-state index contributed by atoms with van der Waals surface area (Å²) in [4.78, 5) is 27.6. The third-order valence-electron chi connectivity index (χ3n) is 6.28. The van der Waals surface area contributed by atoms with E-state index in [-0.39, 0.29) is 41.3 Å². The van der Waals surface area contributed by atoms with Gasteiger partial charge in [0.15, 0.2) is 0 Å². The van der Waals surface area contributed by atoms with Gasteiger partial charge < -0.3 is 0 Å². The van der Waals surface area contributed by atoms with Crippen LogP contribution < -0.4 is 4.90 Å². The maximum Gasteiger partial charge on any atom is 0.238 e. The van der Waals surface area contributed by atoms with E-state index in [2.05, 4.69) is 17.3 Å². The number of amides is 2. The molecule has 2 bridgehead atoms. The Morgan fingerprint density at radius 3 is 2.22 bits per heavy atom. The average Bonchev–Trinajstić information content (AvgIpc) is 3.37. The highest BCUT2D eigenvalue weighted by Gasteiger charge is 2.60. The molecule has 1 aromatic carbocycles. The fourth-order valence-electron chi connectivity index (χ4n) is 5.05. The average molecular weight is 365 g/mol. The fourth-order valence-corrected chi connectivity index (χ4v) is 5.05. The molecule has 138 valence electrons. The number of carbonyl (C=O) groups is 2. The largest absolute Gasteiger partial charge is 0.274 e. The number of hydrogen-bond donors (Lipinski definition) is 0. The number of carbonyl (C=O) groups excluding carboxylic acids is 2. The van der Waals surface area contributed by atoms with Gasteiger partial charge in [0, 0.05) is 0 Å². The molecule has 5 rings (SSSR count). The van der Waals surface area contributed by atoms with Gasteiger partial charge in [0.25, 0.3) is 0 Å². The van der Waals surface area contributed by atoms with Gasteiger partial charge in [-0.15, -0.1) is 0 Å². The number of anilines is 1. The molecular formula is C21H20FN3O2. The Hall–Kier alpha value is -2.76. The van der Waals surface area contributed by atoms with Gasteiger partial charge in [-0.2, -0.15) is 5.10 Å². The molecule has 3 aliphatic rings. The number of fused-ring (bicyclic) bond motifs is 5. The monoisotopic (exact) mass is 365 g/mol. The van der Waals surface area contributed by atoms with Crippen molar-refractivity contribution in [1.29, 1.82) is 0 Å². The zero-order valence-electron chi connectivity index (χ0n) is 15.2. The Bertz CT molecular complexity index is 962. The molecular weight excluding hydrogens is 345 g/mol. The molecule has 1 aliphatic heterocycles. The van der Waals surface area contributed by atoms with E-state index in [9.17, 15) is 14.0 Å². The lowest BCUT2D eigenvalue weighted by Crippen LogP contribution is -2.33. The van der Waals surface area contributed by atoms with E-state index in [1.54, 1.807) is 16.8 Å². The molecule has 1 saturated carbocycles. The highest BCUT2D eigenvalue weighted by Crippen LogP contribution is 2.53. The fraction of sp³-hybridized carbons (Fsp3) is 0.381. The van der Waals surface area contributed by atoms with E-state index < -0.39 is 0 Å². The molecule has 27 heavy (non-hydrogen) atoms. The van der Waals surface area contributed by atoms with Crippen molar-refractivity contribution < 1.29 is 14.0 Å². The summed E-state index contributed by atoms with van der Waals surface area (Å²) in [5.74, 6) is -0.509. The van der Waals surface area contributed by atoms with Gasteiger partial charge in [-0.25, -0.2) is 9.29 Å². The molecule has 2 aromatic rings. The lowest BCUT2D eigenvalue weighted by atomic mass is 9.85. The van der Waals surface area contributed by atoms with Gasteiger partial charge in [0.2, 0.25) is 11.8 Å². The number of halogens is 1. The molecule has 0 spiro atoms. The first-order valence-corrected chi connectivity index (χ1v) is 9.30. The van der Waals surface area contributed by atoms with Gasteiger partial charge >= 0.3 is 0 Å². The summed E-state index contributed by atoms with van der Waals surface area (Å²) in [7, 11) is 0. The third-order valence-corrected chi connectivity index (χ3v) is 6.28. The van der Waals surface area contributed by atoms with Gasteiger partial charge in [0.1, 0.15) is 5.82 Å². The Labute approximate surface area is 156 Å². The Kier molecular flexibility index (Phi) is 3.41. The number of rotatable bonds is 3. The van der Waals surface area contributed by atoms with Crippen LogP contribution >= 0.6 is 0 Å². The van der Waals surface area contributed by atoms with Crippen molar-refractivity contribution in [2.45, 2.75) is 26.8 Å². The van der Waals surface area contributed by atoms with Crippen LogP contribution in [-0.4, -0.2) is 21.6 Å². The van der Waals surface area contributed by atoms with Crippen molar-refractivity contribution >= 4 is 17.5 Å². The zero-order valence-corrected chi connectivity index (χ0v) is 15.2. The van der Waals surface area contributed by atoms with Crippen LogP contribution in [0.5, 0.6) is 0 Å². The Balaban J connectivity index is 1.49. The first-order valence-electron chi connectivity index (χ1n) is 9.30. The minimum absolute atomic E-state index is 0.0885. The van der Waals surface area contributed by atoms with Crippen molar-refractivity contribution in [3.8, 4) is 0 Å². The van der Waals surface area contributed by atoms with Gasteiger partial charge in [-0.05, 0) is 49.8 Å². The van der Waals surface area contributed by atoms with Crippen molar-refractivity contribution in [1.82, 2.24) is 9.78 Å². The van der Waals surface area contributed by atoms with E-state index >= 15 is 0 Å². The molecule has 1 saturated heterocycles. The summed E-state index contributed by atoms with van der Waals surface area (Å²) in [6, 6.07) is 6.26. The first kappa shape index (κ1) is 16.4. The van der Waals surface area contributed by atoms with E-state index in [4.69, 9.17) is 0 Å². The molecule has 2 aliphatic carbocycles. The summed E-state index contributed by atoms with van der Waals surface area (Å²) in [5.41, 5.74) is 2.96. The molecule has 6 heteroatoms. The van der Waals surface area contributed by atoms with Crippen molar-refractivity contribution in [2.24, 2.45) is 23.7 Å². The molecule has 2 amide bonds.